The lowest BCUT2D eigenvalue weighted by Gasteiger charge is -2.34. The number of hydrogen-bond donors (Lipinski definition) is 1. The Balaban J connectivity index is 2.21. The van der Waals surface area contributed by atoms with Crippen molar-refractivity contribution in [3.63, 3.8) is 0 Å². The first-order valence-corrected chi connectivity index (χ1v) is 9.41. The standard InChI is InChI=1S/C16H17BrN2O3S/c1-16(2,20)14-10-12-13(17)8-9-18-15(12)19(14)23(21,22)11-6-4-3-5-7-11/h3-9,14,20H,10H2,1-2H3. The molecule has 1 unspecified atom stereocenters. The molecule has 1 atom stereocenters. The van der Waals surface area contributed by atoms with Gasteiger partial charge in [0.1, 0.15) is 5.82 Å². The molecule has 0 saturated carbocycles. The van der Waals surface area contributed by atoms with Crippen LogP contribution >= 0.6 is 15.9 Å². The molecular formula is C16H17BrN2O3S. The molecule has 0 saturated heterocycles. The monoisotopic (exact) mass is 396 g/mol. The average Bonchev–Trinajstić information content (AvgIpc) is 2.90. The van der Waals surface area contributed by atoms with Crippen LogP contribution in [0.1, 0.15) is 19.4 Å². The van der Waals surface area contributed by atoms with Crippen LogP contribution < -0.4 is 4.31 Å². The fraction of sp³-hybridized carbons (Fsp3) is 0.312. The van der Waals surface area contributed by atoms with Gasteiger partial charge in [-0.1, -0.05) is 34.1 Å². The molecule has 1 aliphatic rings. The Morgan fingerprint density at radius 1 is 1.26 bits per heavy atom. The molecule has 0 radical (unpaired) electrons. The van der Waals surface area contributed by atoms with E-state index in [1.807, 2.05) is 0 Å². The zero-order valence-corrected chi connectivity index (χ0v) is 15.2. The van der Waals surface area contributed by atoms with E-state index in [1.165, 1.54) is 4.31 Å². The first-order valence-electron chi connectivity index (χ1n) is 7.18. The van der Waals surface area contributed by atoms with Crippen molar-refractivity contribution in [1.82, 2.24) is 4.98 Å². The summed E-state index contributed by atoms with van der Waals surface area (Å²) < 4.78 is 28.3. The molecule has 2 aromatic rings. The number of nitrogens with zero attached hydrogens (tertiary/aromatic N) is 2. The average molecular weight is 397 g/mol. The minimum atomic E-state index is -3.81. The molecule has 1 aliphatic heterocycles. The van der Waals surface area contributed by atoms with E-state index in [9.17, 15) is 13.5 Å². The third kappa shape index (κ3) is 2.77. The number of rotatable bonds is 3. The van der Waals surface area contributed by atoms with Crippen LogP contribution in [0.3, 0.4) is 0 Å². The summed E-state index contributed by atoms with van der Waals surface area (Å²) >= 11 is 3.45. The fourth-order valence-electron chi connectivity index (χ4n) is 2.79. The van der Waals surface area contributed by atoms with Crippen LogP contribution in [0, 0.1) is 0 Å². The van der Waals surface area contributed by atoms with Crippen molar-refractivity contribution in [3.8, 4) is 0 Å². The number of fused-ring (bicyclic) bond motifs is 1. The minimum Gasteiger partial charge on any atom is -0.388 e. The highest BCUT2D eigenvalue weighted by Crippen LogP contribution is 2.41. The number of pyridine rings is 1. The van der Waals surface area contributed by atoms with Crippen LogP contribution in [0.2, 0.25) is 0 Å². The van der Waals surface area contributed by atoms with Crippen molar-refractivity contribution >= 4 is 31.8 Å². The highest BCUT2D eigenvalue weighted by Gasteiger charge is 2.46. The molecular weight excluding hydrogens is 380 g/mol. The zero-order chi connectivity index (χ0) is 16.8. The molecule has 0 aliphatic carbocycles. The maximum atomic E-state index is 13.1. The predicted molar refractivity (Wildman–Crippen MR) is 91.8 cm³/mol. The van der Waals surface area contributed by atoms with E-state index in [-0.39, 0.29) is 4.90 Å². The molecule has 0 bridgehead atoms. The molecule has 3 rings (SSSR count). The van der Waals surface area contributed by atoms with E-state index in [1.54, 1.807) is 56.4 Å². The summed E-state index contributed by atoms with van der Waals surface area (Å²) in [5, 5.41) is 10.5. The van der Waals surface area contributed by atoms with E-state index in [0.717, 1.165) is 10.0 Å². The van der Waals surface area contributed by atoms with Crippen LogP contribution in [-0.4, -0.2) is 30.2 Å². The summed E-state index contributed by atoms with van der Waals surface area (Å²) in [6, 6.07) is 9.38. The van der Waals surface area contributed by atoms with Gasteiger partial charge in [-0.15, -0.1) is 0 Å². The molecule has 1 aromatic carbocycles. The van der Waals surface area contributed by atoms with Gasteiger partial charge < -0.3 is 5.11 Å². The summed E-state index contributed by atoms with van der Waals surface area (Å²) in [6.45, 7) is 3.23. The lowest BCUT2D eigenvalue weighted by atomic mass is 9.96. The van der Waals surface area contributed by atoms with Gasteiger partial charge in [-0.3, -0.25) is 0 Å². The topological polar surface area (TPSA) is 70.5 Å². The van der Waals surface area contributed by atoms with E-state index in [2.05, 4.69) is 20.9 Å². The van der Waals surface area contributed by atoms with Gasteiger partial charge in [0.25, 0.3) is 10.0 Å². The molecule has 2 heterocycles. The van der Waals surface area contributed by atoms with Crippen LogP contribution in [0.25, 0.3) is 0 Å². The van der Waals surface area contributed by atoms with Crippen molar-refractivity contribution < 1.29 is 13.5 Å². The Morgan fingerprint density at radius 3 is 2.52 bits per heavy atom. The summed E-state index contributed by atoms with van der Waals surface area (Å²) in [7, 11) is -3.81. The van der Waals surface area contributed by atoms with Crippen molar-refractivity contribution in [1.29, 1.82) is 0 Å². The second-order valence-corrected chi connectivity index (χ2v) is 8.75. The molecule has 0 amide bonds. The van der Waals surface area contributed by atoms with E-state index < -0.39 is 21.7 Å². The first kappa shape index (κ1) is 16.4. The maximum Gasteiger partial charge on any atom is 0.265 e. The Labute approximate surface area is 144 Å². The number of aliphatic hydroxyl groups is 1. The lowest BCUT2D eigenvalue weighted by Crippen LogP contribution is -2.50. The normalized spacial score (nSPS) is 18.1. The highest BCUT2D eigenvalue weighted by atomic mass is 79.9. The van der Waals surface area contributed by atoms with Gasteiger partial charge in [-0.05, 0) is 32.0 Å². The van der Waals surface area contributed by atoms with Gasteiger partial charge in [0.05, 0.1) is 16.5 Å². The van der Waals surface area contributed by atoms with Crippen LogP contribution in [-0.2, 0) is 16.4 Å². The number of sulfonamides is 1. The van der Waals surface area contributed by atoms with Crippen molar-refractivity contribution in [2.45, 2.75) is 36.8 Å². The van der Waals surface area contributed by atoms with Crippen molar-refractivity contribution in [3.05, 3.63) is 52.6 Å². The van der Waals surface area contributed by atoms with Gasteiger partial charge in [0.2, 0.25) is 0 Å². The van der Waals surface area contributed by atoms with Gasteiger partial charge >= 0.3 is 0 Å². The molecule has 0 fully saturated rings. The summed E-state index contributed by atoms with van der Waals surface area (Å²) in [4.78, 5) is 4.45. The Bertz CT molecular complexity index is 832. The molecule has 7 heteroatoms. The third-order valence-corrected chi connectivity index (χ3v) is 6.54. The van der Waals surface area contributed by atoms with Crippen molar-refractivity contribution in [2.75, 3.05) is 4.31 Å². The fourth-order valence-corrected chi connectivity index (χ4v) is 5.02. The van der Waals surface area contributed by atoms with Gasteiger partial charge in [0.15, 0.2) is 0 Å². The molecule has 1 aromatic heterocycles. The predicted octanol–water partition coefficient (Wildman–Crippen LogP) is 2.74. The molecule has 23 heavy (non-hydrogen) atoms. The number of halogens is 1. The van der Waals surface area contributed by atoms with E-state index in [4.69, 9.17) is 0 Å². The van der Waals surface area contributed by atoms with Crippen LogP contribution in [0.4, 0.5) is 5.82 Å². The van der Waals surface area contributed by atoms with E-state index in [0.29, 0.717) is 12.2 Å². The second-order valence-electron chi connectivity index (χ2n) is 6.08. The number of anilines is 1. The second kappa shape index (κ2) is 5.58. The molecule has 0 spiro atoms. The molecule has 122 valence electrons. The van der Waals surface area contributed by atoms with Crippen LogP contribution in [0.15, 0.2) is 52.0 Å². The summed E-state index contributed by atoms with van der Waals surface area (Å²) in [6.07, 6.45) is 1.96. The Kier molecular flexibility index (Phi) is 3.98. The Morgan fingerprint density at radius 2 is 1.91 bits per heavy atom. The van der Waals surface area contributed by atoms with Gasteiger partial charge in [0, 0.05) is 22.7 Å². The lowest BCUT2D eigenvalue weighted by molar-refractivity contribution is 0.0564. The Hall–Kier alpha value is -1.44. The third-order valence-electron chi connectivity index (χ3n) is 3.98. The highest BCUT2D eigenvalue weighted by molar-refractivity contribution is 9.10. The molecule has 5 nitrogen and oxygen atoms in total. The number of hydrogen-bond acceptors (Lipinski definition) is 4. The number of aromatic nitrogens is 1. The maximum absolute atomic E-state index is 13.1. The summed E-state index contributed by atoms with van der Waals surface area (Å²) in [5.74, 6) is 0.371. The van der Waals surface area contributed by atoms with Crippen LogP contribution in [0.5, 0.6) is 0 Å². The minimum absolute atomic E-state index is 0.184. The first-order chi connectivity index (χ1) is 10.7. The number of benzene rings is 1. The van der Waals surface area contributed by atoms with Gasteiger partial charge in [-0.2, -0.15) is 0 Å². The molecule has 1 N–H and O–H groups in total. The van der Waals surface area contributed by atoms with Gasteiger partial charge in [-0.25, -0.2) is 17.7 Å². The van der Waals surface area contributed by atoms with E-state index >= 15 is 0 Å². The zero-order valence-electron chi connectivity index (χ0n) is 12.8. The largest absolute Gasteiger partial charge is 0.388 e. The quantitative estimate of drug-likeness (QED) is 0.865. The summed E-state index contributed by atoms with van der Waals surface area (Å²) in [5.41, 5.74) is -0.415. The smallest absolute Gasteiger partial charge is 0.265 e. The van der Waals surface area contributed by atoms with Crippen molar-refractivity contribution in [2.24, 2.45) is 0 Å². The SMILES string of the molecule is CC(C)(O)C1Cc2c(Br)ccnc2N1S(=O)(=O)c1ccccc1.